The molecule has 0 atom stereocenters. The van der Waals surface area contributed by atoms with E-state index >= 15 is 0 Å². The number of hydrogen-bond donors (Lipinski definition) is 2. The van der Waals surface area contributed by atoms with E-state index < -0.39 is 11.4 Å². The lowest BCUT2D eigenvalue weighted by Gasteiger charge is -2.35. The highest BCUT2D eigenvalue weighted by Gasteiger charge is 2.36. The Balaban J connectivity index is 2.01. The molecule has 1 fully saturated rings. The maximum Gasteiger partial charge on any atom is 0.303 e. The molecular weight excluding hydrogens is 368 g/mol. The monoisotopic (exact) mass is 398 g/mol. The quantitative estimate of drug-likeness (QED) is 0.577. The fraction of sp³-hybridized carbons (Fsp3) is 0.435. The molecule has 29 heavy (non-hydrogen) atoms. The molecule has 0 saturated heterocycles. The van der Waals surface area contributed by atoms with E-state index in [1.54, 1.807) is 41.3 Å². The number of rotatable bonds is 10. The second-order valence-electron chi connectivity index (χ2n) is 7.72. The summed E-state index contributed by atoms with van der Waals surface area (Å²) in [6.07, 6.45) is 8.09. The van der Waals surface area contributed by atoms with Crippen LogP contribution in [-0.4, -0.2) is 40.9 Å². The predicted octanol–water partition coefficient (Wildman–Crippen LogP) is 4.25. The molecule has 0 spiro atoms. The number of nitrogens with zero attached hydrogens (tertiary/aromatic N) is 1. The Kier molecular flexibility index (Phi) is 8.19. The largest absolute Gasteiger partial charge is 0.481 e. The Bertz CT molecular complexity index is 739. The van der Waals surface area contributed by atoms with Crippen LogP contribution >= 0.6 is 0 Å². The average molecular weight is 399 g/mol. The second kappa shape index (κ2) is 10.6. The van der Waals surface area contributed by atoms with Crippen LogP contribution in [0.4, 0.5) is 5.69 Å². The molecule has 0 radical (unpaired) electrons. The third kappa shape index (κ3) is 6.59. The topological polar surface area (TPSA) is 86.7 Å². The smallest absolute Gasteiger partial charge is 0.303 e. The fourth-order valence-corrected chi connectivity index (χ4v) is 4.02. The summed E-state index contributed by atoms with van der Waals surface area (Å²) < 4.78 is 0. The molecule has 0 aromatic heterocycles. The van der Waals surface area contributed by atoms with Gasteiger partial charge in [-0.2, -0.15) is 0 Å². The molecule has 1 aliphatic carbocycles. The third-order valence-electron chi connectivity index (χ3n) is 5.38. The number of carboxylic acids is 1. The maximum atomic E-state index is 12.6. The van der Waals surface area contributed by atoms with E-state index in [-0.39, 0.29) is 24.7 Å². The van der Waals surface area contributed by atoms with Gasteiger partial charge in [0.05, 0.1) is 6.42 Å². The molecule has 0 aliphatic heterocycles. The van der Waals surface area contributed by atoms with Crippen LogP contribution in [0.3, 0.4) is 0 Å². The number of benzene rings is 1. The number of amides is 2. The molecule has 2 N–H and O–H groups in total. The molecule has 6 nitrogen and oxygen atoms in total. The van der Waals surface area contributed by atoms with Gasteiger partial charge in [0.1, 0.15) is 0 Å². The van der Waals surface area contributed by atoms with Crippen LogP contribution in [-0.2, 0) is 9.59 Å². The number of hydrogen-bond acceptors (Lipinski definition) is 3. The highest BCUT2D eigenvalue weighted by atomic mass is 16.4. The molecule has 0 bridgehead atoms. The molecule has 156 valence electrons. The molecule has 2 rings (SSSR count). The van der Waals surface area contributed by atoms with Crippen LogP contribution in [0, 0.1) is 5.41 Å². The van der Waals surface area contributed by atoms with E-state index in [1.165, 1.54) is 0 Å². The lowest BCUT2D eigenvalue weighted by Crippen LogP contribution is -2.32. The highest BCUT2D eigenvalue weighted by molar-refractivity contribution is 5.96. The van der Waals surface area contributed by atoms with E-state index in [4.69, 9.17) is 0 Å². The molecular formula is C23H30N2O4. The van der Waals surface area contributed by atoms with Crippen molar-refractivity contribution in [2.24, 2.45) is 5.41 Å². The highest BCUT2D eigenvalue weighted by Crippen LogP contribution is 2.42. The molecule has 2 amide bonds. The van der Waals surface area contributed by atoms with Crippen molar-refractivity contribution in [3.8, 4) is 0 Å². The Morgan fingerprint density at radius 1 is 1.00 bits per heavy atom. The predicted molar refractivity (Wildman–Crippen MR) is 114 cm³/mol. The first kappa shape index (κ1) is 22.4. The van der Waals surface area contributed by atoms with Crippen LogP contribution < -0.4 is 5.32 Å². The number of carbonyl (C=O) groups excluding carboxylic acids is 2. The molecule has 6 heteroatoms. The number of carbonyl (C=O) groups is 3. The standard InChI is InChI=1S/C23H30N2O4/c1-3-14-25(15-4-2)22(29)18-8-10-19(11-9-18)24-20(26)16-23(17-21(27)28)12-6-5-7-13-23/h3-4,8-11H,1-2,5-7,12-17H2,(H,24,26)(H,27,28). The first-order valence-electron chi connectivity index (χ1n) is 10.0. The number of nitrogens with one attached hydrogen (secondary N) is 1. The van der Waals surface area contributed by atoms with Gasteiger partial charge in [-0.15, -0.1) is 13.2 Å². The lowest BCUT2D eigenvalue weighted by molar-refractivity contribution is -0.140. The molecule has 1 aromatic carbocycles. The van der Waals surface area contributed by atoms with Gasteiger partial charge in [-0.25, -0.2) is 0 Å². The average Bonchev–Trinajstić information content (AvgIpc) is 2.67. The molecule has 0 unspecified atom stereocenters. The molecule has 1 aliphatic rings. The molecule has 0 heterocycles. The van der Waals surface area contributed by atoms with Gasteiger partial charge >= 0.3 is 5.97 Å². The zero-order chi connectivity index (χ0) is 21.3. The first-order valence-corrected chi connectivity index (χ1v) is 10.0. The van der Waals surface area contributed by atoms with Gasteiger partial charge in [-0.3, -0.25) is 14.4 Å². The van der Waals surface area contributed by atoms with Gasteiger partial charge < -0.3 is 15.3 Å². The Morgan fingerprint density at radius 2 is 1.59 bits per heavy atom. The summed E-state index contributed by atoms with van der Waals surface area (Å²) >= 11 is 0. The van der Waals surface area contributed by atoms with Crippen molar-refractivity contribution in [3.63, 3.8) is 0 Å². The maximum absolute atomic E-state index is 12.6. The van der Waals surface area contributed by atoms with Crippen molar-refractivity contribution in [1.82, 2.24) is 4.90 Å². The minimum atomic E-state index is -0.855. The van der Waals surface area contributed by atoms with Crippen molar-refractivity contribution in [2.75, 3.05) is 18.4 Å². The SMILES string of the molecule is C=CCN(CC=C)C(=O)c1ccc(NC(=O)CC2(CC(=O)O)CCCCC2)cc1. The molecule has 1 saturated carbocycles. The molecule has 1 aromatic rings. The summed E-state index contributed by atoms with van der Waals surface area (Å²) in [6.45, 7) is 8.18. The van der Waals surface area contributed by atoms with Gasteiger partial charge in [0.25, 0.3) is 5.91 Å². The van der Waals surface area contributed by atoms with Crippen molar-refractivity contribution < 1.29 is 19.5 Å². The van der Waals surface area contributed by atoms with Gasteiger partial charge in [0.2, 0.25) is 5.91 Å². The minimum Gasteiger partial charge on any atom is -0.481 e. The van der Waals surface area contributed by atoms with Crippen molar-refractivity contribution in [1.29, 1.82) is 0 Å². The van der Waals surface area contributed by atoms with Gasteiger partial charge in [0.15, 0.2) is 0 Å². The van der Waals surface area contributed by atoms with E-state index in [1.807, 2.05) is 0 Å². The van der Waals surface area contributed by atoms with E-state index in [9.17, 15) is 19.5 Å². The summed E-state index contributed by atoms with van der Waals surface area (Å²) in [6, 6.07) is 6.72. The van der Waals surface area contributed by atoms with Crippen molar-refractivity contribution in [3.05, 3.63) is 55.1 Å². The Morgan fingerprint density at radius 3 is 2.10 bits per heavy atom. The normalized spacial score (nSPS) is 15.2. The van der Waals surface area contributed by atoms with E-state index in [0.29, 0.717) is 24.3 Å². The summed E-state index contributed by atoms with van der Waals surface area (Å²) in [5.41, 5.74) is 0.646. The van der Waals surface area contributed by atoms with Crippen LogP contribution in [0.1, 0.15) is 55.3 Å². The number of carboxylic acid groups (broad SMARTS) is 1. The zero-order valence-electron chi connectivity index (χ0n) is 16.9. The fourth-order valence-electron chi connectivity index (χ4n) is 4.02. The van der Waals surface area contributed by atoms with Gasteiger partial charge in [0, 0.05) is 30.8 Å². The third-order valence-corrected chi connectivity index (χ3v) is 5.38. The van der Waals surface area contributed by atoms with Crippen LogP contribution in [0.15, 0.2) is 49.6 Å². The first-order chi connectivity index (χ1) is 13.9. The summed E-state index contributed by atoms with van der Waals surface area (Å²) in [4.78, 5) is 38.0. The lowest BCUT2D eigenvalue weighted by atomic mass is 9.69. The summed E-state index contributed by atoms with van der Waals surface area (Å²) in [5.74, 6) is -1.18. The van der Waals surface area contributed by atoms with Crippen LogP contribution in [0.25, 0.3) is 0 Å². The minimum absolute atomic E-state index is 0.0241. The summed E-state index contributed by atoms with van der Waals surface area (Å²) in [7, 11) is 0. The summed E-state index contributed by atoms with van der Waals surface area (Å²) in [5, 5.41) is 12.1. The van der Waals surface area contributed by atoms with Crippen LogP contribution in [0.5, 0.6) is 0 Å². The van der Waals surface area contributed by atoms with Gasteiger partial charge in [-0.05, 0) is 42.5 Å². The zero-order valence-corrected chi connectivity index (χ0v) is 16.9. The Labute approximate surface area is 172 Å². The Hall–Kier alpha value is -2.89. The van der Waals surface area contributed by atoms with E-state index in [2.05, 4.69) is 18.5 Å². The number of anilines is 1. The van der Waals surface area contributed by atoms with E-state index in [0.717, 1.165) is 32.1 Å². The van der Waals surface area contributed by atoms with Crippen molar-refractivity contribution in [2.45, 2.75) is 44.9 Å². The van der Waals surface area contributed by atoms with Gasteiger partial charge in [-0.1, -0.05) is 31.4 Å². The van der Waals surface area contributed by atoms with Crippen LogP contribution in [0.2, 0.25) is 0 Å². The number of aliphatic carboxylic acids is 1. The van der Waals surface area contributed by atoms with Crippen molar-refractivity contribution >= 4 is 23.5 Å². The second-order valence-corrected chi connectivity index (χ2v) is 7.72.